The molecule has 0 bridgehead atoms. The highest BCUT2D eigenvalue weighted by atomic mass is 79.9. The molecule has 92 valence electrons. The Morgan fingerprint density at radius 1 is 1.39 bits per heavy atom. The minimum atomic E-state index is -1.21. The van der Waals surface area contributed by atoms with Crippen LogP contribution in [0.15, 0.2) is 28.9 Å². The van der Waals surface area contributed by atoms with Crippen LogP contribution >= 0.6 is 15.9 Å². The summed E-state index contributed by atoms with van der Waals surface area (Å²) in [5.74, 6) is -1.66. The number of rotatable bonds is 2. The van der Waals surface area contributed by atoms with Crippen LogP contribution in [-0.2, 0) is 0 Å². The topological polar surface area (TPSA) is 89.1 Å². The van der Waals surface area contributed by atoms with Crippen molar-refractivity contribution >= 4 is 27.7 Å². The van der Waals surface area contributed by atoms with Crippen LogP contribution in [-0.4, -0.2) is 21.0 Å². The number of nitrogens with two attached hydrogens (primary N) is 1. The van der Waals surface area contributed by atoms with Crippen LogP contribution in [0.1, 0.15) is 10.4 Å². The summed E-state index contributed by atoms with van der Waals surface area (Å²) < 4.78 is 13.7. The van der Waals surface area contributed by atoms with Crippen molar-refractivity contribution < 1.29 is 14.3 Å². The third-order valence-corrected chi connectivity index (χ3v) is 2.63. The molecule has 18 heavy (non-hydrogen) atoms. The molecule has 0 saturated heterocycles. The van der Waals surface area contributed by atoms with E-state index in [4.69, 9.17) is 10.8 Å². The van der Waals surface area contributed by atoms with Gasteiger partial charge in [0.15, 0.2) is 5.82 Å². The van der Waals surface area contributed by atoms with Crippen LogP contribution in [0.2, 0.25) is 0 Å². The third kappa shape index (κ3) is 2.45. The Kier molecular flexibility index (Phi) is 3.24. The van der Waals surface area contributed by atoms with Crippen molar-refractivity contribution in [3.05, 3.63) is 40.2 Å². The Hall–Kier alpha value is -2.02. The molecule has 1 aromatic heterocycles. The standard InChI is InChI=1S/C11H7BrFN3O2/c12-6-1-5(2-7(13)3-6)10-15-4-8(11(17)18)9(14)16-10/h1-4H,(H,17,18)(H2,14,15,16). The van der Waals surface area contributed by atoms with Gasteiger partial charge in [0.1, 0.15) is 17.2 Å². The first-order chi connectivity index (χ1) is 8.47. The molecular formula is C11H7BrFN3O2. The van der Waals surface area contributed by atoms with E-state index in [1.807, 2.05) is 0 Å². The van der Waals surface area contributed by atoms with Crippen molar-refractivity contribution in [2.45, 2.75) is 0 Å². The second-order valence-corrected chi connectivity index (χ2v) is 4.37. The summed E-state index contributed by atoms with van der Waals surface area (Å²) in [7, 11) is 0. The average molecular weight is 312 g/mol. The lowest BCUT2D eigenvalue weighted by molar-refractivity contribution is 0.0697. The maximum Gasteiger partial charge on any atom is 0.341 e. The van der Waals surface area contributed by atoms with Crippen LogP contribution in [0.5, 0.6) is 0 Å². The van der Waals surface area contributed by atoms with Crippen molar-refractivity contribution in [1.29, 1.82) is 0 Å². The number of aromatic nitrogens is 2. The summed E-state index contributed by atoms with van der Waals surface area (Å²) in [6.07, 6.45) is 1.10. The molecule has 0 saturated carbocycles. The normalized spacial score (nSPS) is 10.3. The number of hydrogen-bond donors (Lipinski definition) is 2. The molecule has 0 atom stereocenters. The first-order valence-corrected chi connectivity index (χ1v) is 5.59. The maximum absolute atomic E-state index is 13.2. The Balaban J connectivity index is 2.52. The van der Waals surface area contributed by atoms with E-state index in [0.717, 1.165) is 6.20 Å². The van der Waals surface area contributed by atoms with E-state index < -0.39 is 11.8 Å². The number of nitrogen functional groups attached to an aromatic ring is 1. The van der Waals surface area contributed by atoms with E-state index in [2.05, 4.69) is 25.9 Å². The number of nitrogens with zero attached hydrogens (tertiary/aromatic N) is 2. The van der Waals surface area contributed by atoms with Gasteiger partial charge in [-0.1, -0.05) is 15.9 Å². The number of aromatic carboxylic acids is 1. The Labute approximate surface area is 110 Å². The smallest absolute Gasteiger partial charge is 0.341 e. The van der Waals surface area contributed by atoms with E-state index in [1.165, 1.54) is 12.1 Å². The van der Waals surface area contributed by atoms with E-state index in [1.54, 1.807) is 6.07 Å². The Morgan fingerprint density at radius 3 is 2.67 bits per heavy atom. The first-order valence-electron chi connectivity index (χ1n) is 4.79. The third-order valence-electron chi connectivity index (χ3n) is 2.17. The van der Waals surface area contributed by atoms with E-state index in [-0.39, 0.29) is 17.2 Å². The molecule has 1 heterocycles. The van der Waals surface area contributed by atoms with Gasteiger partial charge >= 0.3 is 5.97 Å². The molecule has 5 nitrogen and oxygen atoms in total. The second-order valence-electron chi connectivity index (χ2n) is 3.46. The zero-order chi connectivity index (χ0) is 13.3. The number of carboxylic acid groups (broad SMARTS) is 1. The highest BCUT2D eigenvalue weighted by Gasteiger charge is 2.12. The molecule has 0 unspecified atom stereocenters. The lowest BCUT2D eigenvalue weighted by atomic mass is 10.2. The summed E-state index contributed by atoms with van der Waals surface area (Å²) in [6.45, 7) is 0. The van der Waals surface area contributed by atoms with Gasteiger partial charge in [-0.05, 0) is 18.2 Å². The van der Waals surface area contributed by atoms with Crippen molar-refractivity contribution in [1.82, 2.24) is 9.97 Å². The first kappa shape index (κ1) is 12.4. The fraction of sp³-hybridized carbons (Fsp3) is 0. The molecule has 0 aliphatic heterocycles. The molecule has 0 radical (unpaired) electrons. The lowest BCUT2D eigenvalue weighted by Crippen LogP contribution is -2.06. The minimum Gasteiger partial charge on any atom is -0.477 e. The number of carboxylic acids is 1. The van der Waals surface area contributed by atoms with Gasteiger partial charge in [0, 0.05) is 16.2 Å². The van der Waals surface area contributed by atoms with Crippen molar-refractivity contribution in [2.24, 2.45) is 0 Å². The number of anilines is 1. The maximum atomic E-state index is 13.2. The van der Waals surface area contributed by atoms with Crippen LogP contribution in [0.4, 0.5) is 10.2 Å². The molecular weight excluding hydrogens is 305 g/mol. The van der Waals surface area contributed by atoms with E-state index in [9.17, 15) is 9.18 Å². The predicted octanol–water partition coefficient (Wildman–Crippen LogP) is 2.33. The molecule has 7 heteroatoms. The molecule has 0 amide bonds. The number of carbonyl (C=O) groups is 1. The van der Waals surface area contributed by atoms with Crippen LogP contribution in [0, 0.1) is 5.82 Å². The second kappa shape index (κ2) is 4.69. The Morgan fingerprint density at radius 2 is 2.11 bits per heavy atom. The summed E-state index contributed by atoms with van der Waals surface area (Å²) in [5, 5.41) is 8.79. The van der Waals surface area contributed by atoms with E-state index >= 15 is 0 Å². The van der Waals surface area contributed by atoms with Crippen molar-refractivity contribution in [3.8, 4) is 11.4 Å². The van der Waals surface area contributed by atoms with E-state index in [0.29, 0.717) is 10.0 Å². The van der Waals surface area contributed by atoms with Gasteiger partial charge in [0.2, 0.25) is 0 Å². The SMILES string of the molecule is Nc1nc(-c2cc(F)cc(Br)c2)ncc1C(=O)O. The van der Waals surface area contributed by atoms with Gasteiger partial charge in [-0.3, -0.25) is 0 Å². The van der Waals surface area contributed by atoms with Gasteiger partial charge in [0.05, 0.1) is 0 Å². The monoisotopic (exact) mass is 311 g/mol. The lowest BCUT2D eigenvalue weighted by Gasteiger charge is -2.04. The molecule has 2 rings (SSSR count). The number of halogens is 2. The predicted molar refractivity (Wildman–Crippen MR) is 66.5 cm³/mol. The fourth-order valence-electron chi connectivity index (χ4n) is 1.38. The number of hydrogen-bond acceptors (Lipinski definition) is 4. The van der Waals surface area contributed by atoms with Crippen molar-refractivity contribution in [3.63, 3.8) is 0 Å². The molecule has 0 aliphatic rings. The summed E-state index contributed by atoms with van der Waals surface area (Å²) >= 11 is 3.15. The molecule has 2 aromatic rings. The quantitative estimate of drug-likeness (QED) is 0.888. The van der Waals surface area contributed by atoms with Crippen molar-refractivity contribution in [2.75, 3.05) is 5.73 Å². The van der Waals surface area contributed by atoms with Crippen LogP contribution in [0.3, 0.4) is 0 Å². The molecule has 0 fully saturated rings. The van der Waals surface area contributed by atoms with Gasteiger partial charge in [0.25, 0.3) is 0 Å². The number of benzene rings is 1. The largest absolute Gasteiger partial charge is 0.477 e. The summed E-state index contributed by atoms with van der Waals surface area (Å²) in [5.41, 5.74) is 5.72. The highest BCUT2D eigenvalue weighted by Crippen LogP contribution is 2.23. The Bertz CT molecular complexity index is 613. The molecule has 3 N–H and O–H groups in total. The zero-order valence-electron chi connectivity index (χ0n) is 8.89. The molecule has 1 aromatic carbocycles. The van der Waals surface area contributed by atoms with Crippen LogP contribution < -0.4 is 5.73 Å². The highest BCUT2D eigenvalue weighted by molar-refractivity contribution is 9.10. The zero-order valence-corrected chi connectivity index (χ0v) is 10.5. The average Bonchev–Trinajstić information content (AvgIpc) is 2.26. The molecule has 0 aliphatic carbocycles. The minimum absolute atomic E-state index is 0.159. The van der Waals surface area contributed by atoms with Gasteiger partial charge in [-0.25, -0.2) is 19.2 Å². The van der Waals surface area contributed by atoms with Gasteiger partial charge in [-0.2, -0.15) is 0 Å². The molecule has 0 spiro atoms. The summed E-state index contributed by atoms with van der Waals surface area (Å²) in [4.78, 5) is 18.4. The fourth-order valence-corrected chi connectivity index (χ4v) is 1.85. The summed E-state index contributed by atoms with van der Waals surface area (Å²) in [6, 6.07) is 4.14. The van der Waals surface area contributed by atoms with Gasteiger partial charge in [-0.15, -0.1) is 0 Å². The van der Waals surface area contributed by atoms with Crippen LogP contribution in [0.25, 0.3) is 11.4 Å². The van der Waals surface area contributed by atoms with Gasteiger partial charge < -0.3 is 10.8 Å².